The number of aliphatic hydroxyl groups is 1. The Balaban J connectivity index is 2.24. The molecule has 0 aromatic rings. The van der Waals surface area contributed by atoms with Gasteiger partial charge in [-0.2, -0.15) is 0 Å². The van der Waals surface area contributed by atoms with Crippen LogP contribution in [0.5, 0.6) is 0 Å². The van der Waals surface area contributed by atoms with Crippen LogP contribution in [0, 0.1) is 5.92 Å². The molecule has 2 amide bonds. The first-order chi connectivity index (χ1) is 8.99. The molecule has 2 unspecified atom stereocenters. The summed E-state index contributed by atoms with van der Waals surface area (Å²) in [5.41, 5.74) is 0. The van der Waals surface area contributed by atoms with Gasteiger partial charge in [0.1, 0.15) is 6.04 Å². The molecule has 2 atom stereocenters. The van der Waals surface area contributed by atoms with Crippen LogP contribution in [-0.4, -0.2) is 35.6 Å². The van der Waals surface area contributed by atoms with Crippen molar-refractivity contribution in [3.63, 3.8) is 0 Å². The lowest BCUT2D eigenvalue weighted by atomic mass is 9.87. The molecule has 1 rings (SSSR count). The van der Waals surface area contributed by atoms with Crippen molar-refractivity contribution in [2.45, 2.75) is 64.5 Å². The molecular weight excluding hydrogens is 244 g/mol. The average molecular weight is 270 g/mol. The molecule has 1 aliphatic carbocycles. The molecule has 5 nitrogen and oxygen atoms in total. The highest BCUT2D eigenvalue weighted by Crippen LogP contribution is 2.26. The fraction of sp³-hybridized carbons (Fsp3) is 0.857. The molecule has 0 aromatic carbocycles. The van der Waals surface area contributed by atoms with Gasteiger partial charge in [-0.1, -0.05) is 19.3 Å². The van der Waals surface area contributed by atoms with E-state index in [1.165, 1.54) is 19.3 Å². The Hall–Kier alpha value is -1.10. The number of rotatable bonds is 6. The highest BCUT2D eigenvalue weighted by atomic mass is 16.3. The van der Waals surface area contributed by atoms with Crippen LogP contribution in [0.2, 0.25) is 0 Å². The lowest BCUT2D eigenvalue weighted by molar-refractivity contribution is -0.129. The van der Waals surface area contributed by atoms with E-state index in [1.807, 2.05) is 0 Å². The Labute approximate surface area is 115 Å². The van der Waals surface area contributed by atoms with Crippen LogP contribution in [0.3, 0.4) is 0 Å². The summed E-state index contributed by atoms with van der Waals surface area (Å²) in [6.45, 7) is 3.48. The summed E-state index contributed by atoms with van der Waals surface area (Å²) in [7, 11) is 0. The molecule has 0 radical (unpaired) electrons. The zero-order valence-electron chi connectivity index (χ0n) is 11.9. The molecule has 0 saturated heterocycles. The Bertz CT molecular complexity index is 299. The molecule has 1 aliphatic rings. The van der Waals surface area contributed by atoms with Gasteiger partial charge in [0.15, 0.2) is 0 Å². The molecule has 0 aliphatic heterocycles. The number of aliphatic hydroxyl groups excluding tert-OH is 1. The summed E-state index contributed by atoms with van der Waals surface area (Å²) >= 11 is 0. The molecule has 0 spiro atoms. The number of carbonyl (C=O) groups is 2. The van der Waals surface area contributed by atoms with Crippen molar-refractivity contribution < 1.29 is 14.7 Å². The number of hydrogen-bond acceptors (Lipinski definition) is 3. The third-order valence-corrected chi connectivity index (χ3v) is 3.54. The minimum atomic E-state index is -0.575. The second-order valence-corrected chi connectivity index (χ2v) is 5.59. The number of amides is 2. The average Bonchev–Trinajstić information content (AvgIpc) is 2.36. The van der Waals surface area contributed by atoms with E-state index in [0.29, 0.717) is 12.3 Å². The monoisotopic (exact) mass is 270 g/mol. The third-order valence-electron chi connectivity index (χ3n) is 3.54. The molecule has 5 heteroatoms. The van der Waals surface area contributed by atoms with E-state index in [2.05, 4.69) is 10.6 Å². The van der Waals surface area contributed by atoms with Crippen LogP contribution < -0.4 is 10.6 Å². The van der Waals surface area contributed by atoms with Gasteiger partial charge in [0, 0.05) is 13.0 Å². The number of hydrogen-bond donors (Lipinski definition) is 3. The smallest absolute Gasteiger partial charge is 0.242 e. The van der Waals surface area contributed by atoms with E-state index >= 15 is 0 Å². The lowest BCUT2D eigenvalue weighted by Crippen LogP contribution is -2.46. The van der Waals surface area contributed by atoms with Crippen molar-refractivity contribution in [1.82, 2.24) is 10.6 Å². The van der Waals surface area contributed by atoms with E-state index < -0.39 is 12.1 Å². The summed E-state index contributed by atoms with van der Waals surface area (Å²) in [4.78, 5) is 23.5. The minimum Gasteiger partial charge on any atom is -0.392 e. The van der Waals surface area contributed by atoms with Crippen molar-refractivity contribution in [2.24, 2.45) is 5.92 Å². The normalized spacial score (nSPS) is 19.5. The van der Waals surface area contributed by atoms with Crippen molar-refractivity contribution in [2.75, 3.05) is 6.54 Å². The summed E-state index contributed by atoms with van der Waals surface area (Å²) in [6.07, 6.45) is 5.88. The third kappa shape index (κ3) is 6.57. The van der Waals surface area contributed by atoms with E-state index in [1.54, 1.807) is 13.8 Å². The molecule has 1 saturated carbocycles. The van der Waals surface area contributed by atoms with Gasteiger partial charge >= 0.3 is 0 Å². The summed E-state index contributed by atoms with van der Waals surface area (Å²) in [5.74, 6) is 0.172. The van der Waals surface area contributed by atoms with Gasteiger partial charge in [-0.3, -0.25) is 9.59 Å². The topological polar surface area (TPSA) is 78.4 Å². The zero-order chi connectivity index (χ0) is 14.3. The van der Waals surface area contributed by atoms with Crippen LogP contribution in [-0.2, 0) is 9.59 Å². The van der Waals surface area contributed by atoms with Crippen molar-refractivity contribution >= 4 is 11.8 Å². The van der Waals surface area contributed by atoms with Crippen LogP contribution in [0.25, 0.3) is 0 Å². The molecule has 0 heterocycles. The minimum absolute atomic E-state index is 0.0494. The van der Waals surface area contributed by atoms with Gasteiger partial charge in [-0.25, -0.2) is 0 Å². The Morgan fingerprint density at radius 3 is 2.42 bits per heavy atom. The maximum Gasteiger partial charge on any atom is 0.242 e. The SMILES string of the molecule is CC(O)CNC(=O)C(C)NC(=O)CC1CCCCC1. The van der Waals surface area contributed by atoms with E-state index in [9.17, 15) is 9.59 Å². The van der Waals surface area contributed by atoms with Gasteiger partial charge in [0.25, 0.3) is 0 Å². The van der Waals surface area contributed by atoms with E-state index in [0.717, 1.165) is 12.8 Å². The second-order valence-electron chi connectivity index (χ2n) is 5.59. The Kier molecular flexibility index (Phi) is 6.84. The first kappa shape index (κ1) is 16.0. The van der Waals surface area contributed by atoms with Crippen molar-refractivity contribution in [1.29, 1.82) is 0 Å². The zero-order valence-corrected chi connectivity index (χ0v) is 11.9. The van der Waals surface area contributed by atoms with Crippen molar-refractivity contribution in [3.05, 3.63) is 0 Å². The summed E-state index contributed by atoms with van der Waals surface area (Å²) in [6, 6.07) is -0.546. The maximum atomic E-state index is 11.8. The van der Waals surface area contributed by atoms with Gasteiger partial charge in [-0.15, -0.1) is 0 Å². The van der Waals surface area contributed by atoms with E-state index in [-0.39, 0.29) is 18.4 Å². The first-order valence-electron chi connectivity index (χ1n) is 7.24. The molecule has 1 fully saturated rings. The van der Waals surface area contributed by atoms with Crippen molar-refractivity contribution in [3.8, 4) is 0 Å². The molecule has 110 valence electrons. The van der Waals surface area contributed by atoms with Gasteiger partial charge in [0.2, 0.25) is 11.8 Å². The highest BCUT2D eigenvalue weighted by molar-refractivity contribution is 5.87. The number of nitrogens with one attached hydrogen (secondary N) is 2. The highest BCUT2D eigenvalue weighted by Gasteiger charge is 2.20. The quantitative estimate of drug-likeness (QED) is 0.672. The van der Waals surface area contributed by atoms with E-state index in [4.69, 9.17) is 5.11 Å². The molecule has 19 heavy (non-hydrogen) atoms. The van der Waals surface area contributed by atoms with Crippen LogP contribution in [0.4, 0.5) is 0 Å². The summed E-state index contributed by atoms with van der Waals surface area (Å²) < 4.78 is 0. The van der Waals surface area contributed by atoms with Crippen LogP contribution >= 0.6 is 0 Å². The fourth-order valence-corrected chi connectivity index (χ4v) is 2.42. The maximum absolute atomic E-state index is 11.8. The molecule has 0 aromatic heterocycles. The Morgan fingerprint density at radius 2 is 1.84 bits per heavy atom. The number of carbonyl (C=O) groups excluding carboxylic acids is 2. The van der Waals surface area contributed by atoms with Gasteiger partial charge in [0.05, 0.1) is 6.10 Å². The second kappa shape index (κ2) is 8.15. The van der Waals surface area contributed by atoms with Crippen LogP contribution in [0.15, 0.2) is 0 Å². The largest absolute Gasteiger partial charge is 0.392 e. The first-order valence-corrected chi connectivity index (χ1v) is 7.24. The lowest BCUT2D eigenvalue weighted by Gasteiger charge is -2.22. The fourth-order valence-electron chi connectivity index (χ4n) is 2.42. The van der Waals surface area contributed by atoms with Crippen LogP contribution in [0.1, 0.15) is 52.4 Å². The molecular formula is C14H26N2O3. The van der Waals surface area contributed by atoms with Gasteiger partial charge in [-0.05, 0) is 32.6 Å². The predicted octanol–water partition coefficient (Wildman–Crippen LogP) is 0.958. The standard InChI is InChI=1S/C14H26N2O3/c1-10(17)9-15-14(19)11(2)16-13(18)8-12-6-4-3-5-7-12/h10-12,17H,3-9H2,1-2H3,(H,15,19)(H,16,18). The summed E-state index contributed by atoms with van der Waals surface area (Å²) in [5, 5.41) is 14.4. The molecule has 0 bridgehead atoms. The molecule has 3 N–H and O–H groups in total. The van der Waals surface area contributed by atoms with Gasteiger partial charge < -0.3 is 15.7 Å². The predicted molar refractivity (Wildman–Crippen MR) is 73.5 cm³/mol. The Morgan fingerprint density at radius 1 is 1.21 bits per heavy atom.